The van der Waals surface area contributed by atoms with Crippen molar-refractivity contribution in [3.63, 3.8) is 0 Å². The Bertz CT molecular complexity index is 201. The van der Waals surface area contributed by atoms with Crippen LogP contribution in [0.4, 0.5) is 0 Å². The van der Waals surface area contributed by atoms with Crippen LogP contribution in [0.25, 0.3) is 0 Å². The molecule has 0 aliphatic carbocycles. The molecule has 0 aromatic rings. The van der Waals surface area contributed by atoms with E-state index in [1.165, 1.54) is 0 Å². The summed E-state index contributed by atoms with van der Waals surface area (Å²) in [6.07, 6.45) is 0. The topological polar surface area (TPSA) is 46.2 Å². The van der Waals surface area contributed by atoms with Gasteiger partial charge in [0.25, 0.3) is 0 Å². The van der Waals surface area contributed by atoms with Gasteiger partial charge in [-0.1, -0.05) is 0 Å². The second kappa shape index (κ2) is 9.86. The van der Waals surface area contributed by atoms with Gasteiger partial charge in [0, 0.05) is 0 Å². The summed E-state index contributed by atoms with van der Waals surface area (Å²) >= 11 is 5.21. The van der Waals surface area contributed by atoms with Crippen LogP contribution in [0.3, 0.4) is 0 Å². The molecule has 0 aliphatic heterocycles. The smallest absolute Gasteiger partial charge is 0.312 e. The summed E-state index contributed by atoms with van der Waals surface area (Å²) in [5.41, 5.74) is 0. The first-order chi connectivity index (χ1) is 7.61. The Morgan fingerprint density at radius 2 is 1.31 bits per heavy atom. The molecule has 0 unspecified atom stereocenters. The Hall–Kier alpha value is 0.880. The van der Waals surface area contributed by atoms with Crippen LogP contribution < -0.4 is 0 Å². The Labute approximate surface area is 104 Å². The maximum absolute atomic E-state index is 5.50. The van der Waals surface area contributed by atoms with E-state index in [4.69, 9.17) is 34.2 Å². The summed E-state index contributed by atoms with van der Waals surface area (Å²) < 4.78 is 26.7. The third kappa shape index (κ3) is 7.25. The van der Waals surface area contributed by atoms with Crippen molar-refractivity contribution in [2.75, 3.05) is 26.4 Å². The SMILES string of the molecule is CCOP(OCC)OP(=S)(OCC)OCC. The standard InChI is InChI=1S/C8H20O5P2S/c1-5-9-14(10-6-2)13-15(16,11-7-3)12-8-4/h5-8H2,1-4H3. The highest BCUT2D eigenvalue weighted by Gasteiger charge is 2.27. The second-order valence-electron chi connectivity index (χ2n) is 2.42. The molecule has 0 radical (unpaired) electrons. The normalized spacial score (nSPS) is 12.3. The first kappa shape index (κ1) is 16.9. The first-order valence-corrected chi connectivity index (χ1v) is 8.91. The van der Waals surface area contributed by atoms with E-state index >= 15 is 0 Å². The Morgan fingerprint density at radius 3 is 1.62 bits per heavy atom. The van der Waals surface area contributed by atoms with E-state index in [2.05, 4.69) is 0 Å². The van der Waals surface area contributed by atoms with Crippen LogP contribution in [0.1, 0.15) is 27.7 Å². The third-order valence-electron chi connectivity index (χ3n) is 1.21. The van der Waals surface area contributed by atoms with Gasteiger partial charge in [0.05, 0.1) is 26.4 Å². The molecule has 0 heterocycles. The number of rotatable bonds is 10. The van der Waals surface area contributed by atoms with E-state index in [0.29, 0.717) is 26.4 Å². The van der Waals surface area contributed by atoms with Gasteiger partial charge in [0.2, 0.25) is 0 Å². The number of hydrogen-bond acceptors (Lipinski definition) is 6. The largest absolute Gasteiger partial charge is 0.340 e. The van der Waals surface area contributed by atoms with Gasteiger partial charge in [0.1, 0.15) is 0 Å². The van der Waals surface area contributed by atoms with E-state index in [1.807, 2.05) is 27.7 Å². The van der Waals surface area contributed by atoms with Gasteiger partial charge in [-0.2, -0.15) is 0 Å². The molecule has 0 amide bonds. The van der Waals surface area contributed by atoms with E-state index in [9.17, 15) is 0 Å². The summed E-state index contributed by atoms with van der Waals surface area (Å²) in [6, 6.07) is 0. The predicted molar refractivity (Wildman–Crippen MR) is 68.8 cm³/mol. The Balaban J connectivity index is 4.36. The van der Waals surface area contributed by atoms with Crippen molar-refractivity contribution in [1.29, 1.82) is 0 Å². The molecule has 0 bridgehead atoms. The highest BCUT2D eigenvalue weighted by atomic mass is 32.5. The van der Waals surface area contributed by atoms with Crippen molar-refractivity contribution >= 4 is 27.1 Å². The van der Waals surface area contributed by atoms with Gasteiger partial charge in [-0.25, -0.2) is 4.31 Å². The molecule has 0 aliphatic rings. The molecule has 98 valence electrons. The van der Waals surface area contributed by atoms with Crippen molar-refractivity contribution in [3.8, 4) is 0 Å². The van der Waals surface area contributed by atoms with Crippen LogP contribution in [0, 0.1) is 0 Å². The van der Waals surface area contributed by atoms with E-state index in [1.54, 1.807) is 0 Å². The molecular weight excluding hydrogens is 270 g/mol. The predicted octanol–water partition coefficient (Wildman–Crippen LogP) is 3.60. The lowest BCUT2D eigenvalue weighted by Crippen LogP contribution is -2.00. The van der Waals surface area contributed by atoms with Crippen LogP contribution in [0.5, 0.6) is 0 Å². The third-order valence-corrected chi connectivity index (χ3v) is 5.86. The van der Waals surface area contributed by atoms with Gasteiger partial charge < -0.3 is 18.1 Å². The van der Waals surface area contributed by atoms with Crippen molar-refractivity contribution < 1.29 is 22.4 Å². The molecule has 0 rings (SSSR count). The summed E-state index contributed by atoms with van der Waals surface area (Å²) in [5.74, 6) is 0. The molecule has 0 atom stereocenters. The van der Waals surface area contributed by atoms with Crippen molar-refractivity contribution in [2.24, 2.45) is 0 Å². The lowest BCUT2D eigenvalue weighted by atomic mass is 10.9. The van der Waals surface area contributed by atoms with E-state index in [0.717, 1.165) is 0 Å². The maximum Gasteiger partial charge on any atom is 0.340 e. The van der Waals surface area contributed by atoms with Crippen molar-refractivity contribution in [3.05, 3.63) is 0 Å². The van der Waals surface area contributed by atoms with Crippen LogP contribution >= 0.6 is 15.3 Å². The van der Waals surface area contributed by atoms with Crippen molar-refractivity contribution in [2.45, 2.75) is 27.7 Å². The van der Waals surface area contributed by atoms with Crippen LogP contribution in [0.2, 0.25) is 0 Å². The zero-order valence-electron chi connectivity index (χ0n) is 10.2. The minimum Gasteiger partial charge on any atom is -0.312 e. The molecule has 0 spiro atoms. The first-order valence-electron chi connectivity index (χ1n) is 5.26. The van der Waals surface area contributed by atoms with Crippen LogP contribution in [-0.2, 0) is 34.2 Å². The Kier molecular flexibility index (Phi) is 10.4. The molecule has 16 heavy (non-hydrogen) atoms. The lowest BCUT2D eigenvalue weighted by molar-refractivity contribution is 0.178. The number of hydrogen-bond donors (Lipinski definition) is 0. The Morgan fingerprint density at radius 1 is 0.875 bits per heavy atom. The van der Waals surface area contributed by atoms with Crippen LogP contribution in [0.15, 0.2) is 0 Å². The molecule has 0 N–H and O–H groups in total. The lowest BCUT2D eigenvalue weighted by Gasteiger charge is -2.23. The molecule has 8 heteroatoms. The summed E-state index contributed by atoms with van der Waals surface area (Å²) in [7, 11) is -1.48. The quantitative estimate of drug-likeness (QED) is 0.573. The van der Waals surface area contributed by atoms with Gasteiger partial charge in [-0.3, -0.25) is 0 Å². The molecule has 0 aromatic carbocycles. The highest BCUT2D eigenvalue weighted by molar-refractivity contribution is 8.08. The fourth-order valence-corrected chi connectivity index (χ4v) is 4.51. The van der Waals surface area contributed by atoms with Crippen LogP contribution in [-0.4, -0.2) is 26.4 Å². The monoisotopic (exact) mass is 290 g/mol. The second-order valence-corrected chi connectivity index (χ2v) is 6.79. The van der Waals surface area contributed by atoms with Gasteiger partial charge in [-0.05, 0) is 39.5 Å². The average molecular weight is 290 g/mol. The molecule has 5 nitrogen and oxygen atoms in total. The highest BCUT2D eigenvalue weighted by Crippen LogP contribution is 2.61. The minimum absolute atomic E-state index is 0.443. The fourth-order valence-electron chi connectivity index (χ4n) is 0.778. The molecule has 0 aromatic heterocycles. The summed E-state index contributed by atoms with van der Waals surface area (Å²) in [6.45, 7) is 6.57. The molecular formula is C8H20O5P2S. The summed E-state index contributed by atoms with van der Waals surface area (Å²) in [5, 5.41) is 0. The van der Waals surface area contributed by atoms with Gasteiger partial charge >= 0.3 is 15.3 Å². The minimum atomic E-state index is -2.72. The molecule has 0 saturated carbocycles. The van der Waals surface area contributed by atoms with E-state index < -0.39 is 15.3 Å². The molecule has 0 fully saturated rings. The molecule has 0 saturated heterocycles. The average Bonchev–Trinajstić information content (AvgIpc) is 2.18. The van der Waals surface area contributed by atoms with Gasteiger partial charge in [-0.15, -0.1) is 0 Å². The van der Waals surface area contributed by atoms with Gasteiger partial charge in [0.15, 0.2) is 0 Å². The van der Waals surface area contributed by atoms with Crippen molar-refractivity contribution in [1.82, 2.24) is 0 Å². The fraction of sp³-hybridized carbons (Fsp3) is 1.00. The zero-order chi connectivity index (χ0) is 12.4. The maximum atomic E-state index is 5.50. The van der Waals surface area contributed by atoms with E-state index in [-0.39, 0.29) is 0 Å². The zero-order valence-corrected chi connectivity index (χ0v) is 12.8. The summed E-state index contributed by atoms with van der Waals surface area (Å²) in [4.78, 5) is 0.